The summed E-state index contributed by atoms with van der Waals surface area (Å²) in [6.45, 7) is 6.42. The minimum Gasteiger partial charge on any atom is -0.329 e. The highest BCUT2D eigenvalue weighted by Gasteiger charge is 2.27. The number of aryl methyl sites for hydroxylation is 1. The van der Waals surface area contributed by atoms with E-state index < -0.39 is 0 Å². The molecule has 1 aromatic rings. The average molecular weight is 264 g/mol. The Kier molecular flexibility index (Phi) is 5.10. The van der Waals surface area contributed by atoms with E-state index in [0.29, 0.717) is 18.6 Å². The number of benzene rings is 1. The zero-order valence-electron chi connectivity index (χ0n) is 11.4. The third-order valence-corrected chi connectivity index (χ3v) is 5.03. The molecule has 1 fully saturated rings. The van der Waals surface area contributed by atoms with Crippen molar-refractivity contribution in [3.8, 4) is 0 Å². The lowest BCUT2D eigenvalue weighted by Crippen LogP contribution is -2.45. The van der Waals surface area contributed by atoms with Gasteiger partial charge < -0.3 is 5.73 Å². The van der Waals surface area contributed by atoms with E-state index in [-0.39, 0.29) is 0 Å². The predicted molar refractivity (Wildman–Crippen MR) is 81.1 cm³/mol. The lowest BCUT2D eigenvalue weighted by Gasteiger charge is -2.39. The van der Waals surface area contributed by atoms with E-state index in [1.807, 2.05) is 0 Å². The van der Waals surface area contributed by atoms with Crippen molar-refractivity contribution < 1.29 is 0 Å². The van der Waals surface area contributed by atoms with Gasteiger partial charge in [0.1, 0.15) is 0 Å². The Balaban J connectivity index is 2.26. The van der Waals surface area contributed by atoms with Crippen LogP contribution in [0.4, 0.5) is 0 Å². The van der Waals surface area contributed by atoms with Gasteiger partial charge >= 0.3 is 0 Å². The predicted octanol–water partition coefficient (Wildman–Crippen LogP) is 2.69. The van der Waals surface area contributed by atoms with Gasteiger partial charge in [0, 0.05) is 36.7 Å². The molecule has 1 aliphatic heterocycles. The molecule has 0 aliphatic carbocycles. The first-order valence-electron chi connectivity index (χ1n) is 6.89. The van der Waals surface area contributed by atoms with Crippen LogP contribution in [0.3, 0.4) is 0 Å². The smallest absolute Gasteiger partial charge is 0.0476 e. The van der Waals surface area contributed by atoms with Crippen LogP contribution in [-0.2, 0) is 6.42 Å². The lowest BCUT2D eigenvalue weighted by atomic mass is 9.96. The van der Waals surface area contributed by atoms with Gasteiger partial charge in [0.25, 0.3) is 0 Å². The van der Waals surface area contributed by atoms with Crippen LogP contribution in [0.1, 0.15) is 31.0 Å². The zero-order valence-corrected chi connectivity index (χ0v) is 12.2. The van der Waals surface area contributed by atoms with Gasteiger partial charge in [-0.2, -0.15) is 11.8 Å². The molecule has 3 heteroatoms. The molecule has 2 unspecified atom stereocenters. The van der Waals surface area contributed by atoms with Crippen LogP contribution in [0.15, 0.2) is 24.3 Å². The highest BCUT2D eigenvalue weighted by atomic mass is 32.2. The molecule has 1 heterocycles. The zero-order chi connectivity index (χ0) is 13.0. The molecule has 2 rings (SSSR count). The van der Waals surface area contributed by atoms with Crippen LogP contribution < -0.4 is 5.73 Å². The van der Waals surface area contributed by atoms with Crippen LogP contribution in [0, 0.1) is 0 Å². The quantitative estimate of drug-likeness (QED) is 0.906. The van der Waals surface area contributed by atoms with Crippen molar-refractivity contribution in [2.45, 2.75) is 32.4 Å². The van der Waals surface area contributed by atoms with E-state index in [9.17, 15) is 0 Å². The molecule has 1 aromatic carbocycles. The molecule has 0 aromatic heterocycles. The summed E-state index contributed by atoms with van der Waals surface area (Å²) >= 11 is 2.06. The molecule has 0 amide bonds. The Bertz CT molecular complexity index is 381. The van der Waals surface area contributed by atoms with E-state index >= 15 is 0 Å². The molecule has 100 valence electrons. The van der Waals surface area contributed by atoms with Crippen molar-refractivity contribution in [1.82, 2.24) is 4.90 Å². The number of rotatable bonds is 4. The van der Waals surface area contributed by atoms with Gasteiger partial charge in [-0.05, 0) is 24.5 Å². The maximum atomic E-state index is 6.07. The van der Waals surface area contributed by atoms with Gasteiger partial charge in [0.05, 0.1) is 0 Å². The average Bonchev–Trinajstić information content (AvgIpc) is 2.42. The van der Waals surface area contributed by atoms with Crippen LogP contribution >= 0.6 is 11.8 Å². The molecule has 0 radical (unpaired) electrons. The van der Waals surface area contributed by atoms with E-state index in [1.54, 1.807) is 0 Å². The van der Waals surface area contributed by atoms with Crippen molar-refractivity contribution >= 4 is 11.8 Å². The molecule has 0 saturated carbocycles. The summed E-state index contributed by atoms with van der Waals surface area (Å²) in [7, 11) is 0. The number of thioether (sulfide) groups is 1. The molecule has 0 spiro atoms. The number of hydrogen-bond acceptors (Lipinski definition) is 3. The van der Waals surface area contributed by atoms with Crippen LogP contribution in [0.5, 0.6) is 0 Å². The van der Waals surface area contributed by atoms with Crippen LogP contribution in [0.2, 0.25) is 0 Å². The topological polar surface area (TPSA) is 29.3 Å². The largest absolute Gasteiger partial charge is 0.329 e. The van der Waals surface area contributed by atoms with E-state index in [4.69, 9.17) is 5.73 Å². The molecular weight excluding hydrogens is 240 g/mol. The van der Waals surface area contributed by atoms with Crippen LogP contribution in [-0.4, -0.2) is 35.5 Å². The molecule has 18 heavy (non-hydrogen) atoms. The summed E-state index contributed by atoms with van der Waals surface area (Å²) in [6.07, 6.45) is 1.09. The monoisotopic (exact) mass is 264 g/mol. The van der Waals surface area contributed by atoms with Gasteiger partial charge in [-0.25, -0.2) is 0 Å². The first-order valence-corrected chi connectivity index (χ1v) is 8.04. The summed E-state index contributed by atoms with van der Waals surface area (Å²) in [5.74, 6) is 2.46. The van der Waals surface area contributed by atoms with Gasteiger partial charge in [0.2, 0.25) is 0 Å². The van der Waals surface area contributed by atoms with Gasteiger partial charge in [-0.15, -0.1) is 0 Å². The normalized spacial score (nSPS) is 22.9. The Morgan fingerprint density at radius 3 is 2.89 bits per heavy atom. The molecule has 2 N–H and O–H groups in total. The van der Waals surface area contributed by atoms with E-state index in [2.05, 4.69) is 54.8 Å². The van der Waals surface area contributed by atoms with Crippen molar-refractivity contribution in [3.63, 3.8) is 0 Å². The van der Waals surface area contributed by atoms with Gasteiger partial charge in [0.15, 0.2) is 0 Å². The maximum Gasteiger partial charge on any atom is 0.0476 e. The summed E-state index contributed by atoms with van der Waals surface area (Å²) in [4.78, 5) is 2.59. The number of nitrogens with zero attached hydrogens (tertiary/aromatic N) is 1. The molecular formula is C15H24N2S. The highest BCUT2D eigenvalue weighted by Crippen LogP contribution is 2.29. The fraction of sp³-hybridized carbons (Fsp3) is 0.600. The Morgan fingerprint density at radius 1 is 1.44 bits per heavy atom. The Morgan fingerprint density at radius 2 is 2.22 bits per heavy atom. The second kappa shape index (κ2) is 6.60. The standard InChI is InChI=1S/C15H24N2S/c1-3-13-6-4-5-7-14(13)15(10-16)17-8-9-18-11-12(17)2/h4-7,12,15H,3,8-11,16H2,1-2H3. The van der Waals surface area contributed by atoms with Gasteiger partial charge in [-0.3, -0.25) is 4.90 Å². The fourth-order valence-electron chi connectivity index (χ4n) is 2.83. The third-order valence-electron chi connectivity index (χ3n) is 3.84. The van der Waals surface area contributed by atoms with Crippen LogP contribution in [0.25, 0.3) is 0 Å². The first-order chi connectivity index (χ1) is 8.77. The molecule has 2 atom stereocenters. The molecule has 1 aliphatic rings. The third kappa shape index (κ3) is 2.90. The van der Waals surface area contributed by atoms with Crippen molar-refractivity contribution in [2.24, 2.45) is 5.73 Å². The summed E-state index contributed by atoms with van der Waals surface area (Å²) in [5, 5.41) is 0. The number of nitrogens with two attached hydrogens (primary N) is 1. The minimum atomic E-state index is 0.386. The summed E-state index contributed by atoms with van der Waals surface area (Å²) < 4.78 is 0. The van der Waals surface area contributed by atoms with E-state index in [0.717, 1.165) is 13.0 Å². The van der Waals surface area contributed by atoms with Gasteiger partial charge in [-0.1, -0.05) is 31.2 Å². The number of hydrogen-bond donors (Lipinski definition) is 1. The second-order valence-corrected chi connectivity index (χ2v) is 6.12. The van der Waals surface area contributed by atoms with Crippen molar-refractivity contribution in [1.29, 1.82) is 0 Å². The molecule has 0 bridgehead atoms. The van der Waals surface area contributed by atoms with Crippen molar-refractivity contribution in [2.75, 3.05) is 24.6 Å². The van der Waals surface area contributed by atoms with E-state index in [1.165, 1.54) is 22.6 Å². The minimum absolute atomic E-state index is 0.386. The highest BCUT2D eigenvalue weighted by molar-refractivity contribution is 7.99. The SMILES string of the molecule is CCc1ccccc1C(CN)N1CCSCC1C. The Labute approximate surface area is 115 Å². The Hall–Kier alpha value is -0.510. The summed E-state index contributed by atoms with van der Waals surface area (Å²) in [6, 6.07) is 9.78. The summed E-state index contributed by atoms with van der Waals surface area (Å²) in [5.41, 5.74) is 8.95. The first kappa shape index (κ1) is 13.9. The fourth-order valence-corrected chi connectivity index (χ4v) is 3.86. The molecule has 2 nitrogen and oxygen atoms in total. The maximum absolute atomic E-state index is 6.07. The van der Waals surface area contributed by atoms with Crippen molar-refractivity contribution in [3.05, 3.63) is 35.4 Å². The lowest BCUT2D eigenvalue weighted by molar-refractivity contribution is 0.165. The second-order valence-electron chi connectivity index (χ2n) is 4.97. The molecule has 1 saturated heterocycles.